The second-order valence-electron chi connectivity index (χ2n) is 8.63. The van der Waals surface area contributed by atoms with Gasteiger partial charge < -0.3 is 14.5 Å². The van der Waals surface area contributed by atoms with Gasteiger partial charge in [0.2, 0.25) is 15.9 Å². The van der Waals surface area contributed by atoms with E-state index >= 15 is 0 Å². The number of carbonyl (C=O) groups is 2. The van der Waals surface area contributed by atoms with E-state index in [1.54, 1.807) is 30.9 Å². The minimum Gasteiger partial charge on any atom is -0.482 e. The van der Waals surface area contributed by atoms with Crippen molar-refractivity contribution in [1.29, 1.82) is 0 Å². The minimum absolute atomic E-state index is 0.0149. The Hall–Kier alpha value is -3.71. The predicted octanol–water partition coefficient (Wildman–Crippen LogP) is 1.70. The van der Waals surface area contributed by atoms with Crippen molar-refractivity contribution in [3.63, 3.8) is 0 Å². The Bertz CT molecular complexity index is 1290. The standard InChI is InChI=1S/C24H29N5O7S/c1-3-27(4-2)37(34,35)20-9-10-22-21(15-20)28(24(31)17-36-22)16-23(30)26-13-11-25(12-14-26)18-5-7-19(8-6-18)29(32)33/h5-10,15H,3-4,11-14,16-17H2,1-2H3. The van der Waals surface area contributed by atoms with Gasteiger partial charge in [0.1, 0.15) is 12.3 Å². The number of ether oxygens (including phenoxy) is 1. The van der Waals surface area contributed by atoms with Crippen LogP contribution in [-0.4, -0.2) is 86.8 Å². The number of piperazine rings is 1. The third-order valence-corrected chi connectivity index (χ3v) is 8.61. The van der Waals surface area contributed by atoms with Crippen LogP contribution in [0.15, 0.2) is 47.4 Å². The molecular formula is C24H29N5O7S. The SMILES string of the molecule is CCN(CC)S(=O)(=O)c1ccc2c(c1)N(CC(=O)N1CCN(c3ccc([N+](=O)[O-])cc3)CC1)C(=O)CO2. The van der Waals surface area contributed by atoms with Crippen LogP contribution in [0.4, 0.5) is 17.1 Å². The molecule has 2 aliphatic rings. The number of rotatable bonds is 8. The first-order chi connectivity index (χ1) is 17.6. The lowest BCUT2D eigenvalue weighted by Gasteiger charge is -2.37. The smallest absolute Gasteiger partial charge is 0.269 e. The van der Waals surface area contributed by atoms with Gasteiger partial charge in [-0.1, -0.05) is 13.8 Å². The molecule has 0 atom stereocenters. The maximum Gasteiger partial charge on any atom is 0.269 e. The number of carbonyl (C=O) groups excluding carboxylic acids is 2. The van der Waals surface area contributed by atoms with E-state index in [0.29, 0.717) is 45.0 Å². The largest absolute Gasteiger partial charge is 0.482 e. The number of hydrogen-bond acceptors (Lipinski definition) is 8. The zero-order valence-electron chi connectivity index (χ0n) is 20.7. The normalized spacial score (nSPS) is 16.0. The number of hydrogen-bond donors (Lipinski definition) is 0. The molecule has 2 heterocycles. The Morgan fingerprint density at radius 3 is 2.30 bits per heavy atom. The van der Waals surface area contributed by atoms with Crippen LogP contribution < -0.4 is 14.5 Å². The first kappa shape index (κ1) is 26.4. The van der Waals surface area contributed by atoms with Crippen molar-refractivity contribution in [3.8, 4) is 5.75 Å². The molecule has 2 amide bonds. The number of amides is 2. The van der Waals surface area contributed by atoms with E-state index < -0.39 is 20.9 Å². The predicted molar refractivity (Wildman–Crippen MR) is 136 cm³/mol. The fourth-order valence-electron chi connectivity index (χ4n) is 4.46. The molecule has 0 aromatic heterocycles. The Labute approximate surface area is 215 Å². The Kier molecular flexibility index (Phi) is 7.64. The van der Waals surface area contributed by atoms with Gasteiger partial charge in [-0.15, -0.1) is 0 Å². The molecule has 2 aliphatic heterocycles. The number of benzene rings is 2. The van der Waals surface area contributed by atoms with E-state index in [0.717, 1.165) is 5.69 Å². The fraction of sp³-hybridized carbons (Fsp3) is 0.417. The van der Waals surface area contributed by atoms with E-state index in [4.69, 9.17) is 4.74 Å². The summed E-state index contributed by atoms with van der Waals surface area (Å²) in [6.45, 7) is 5.52. The zero-order valence-corrected chi connectivity index (χ0v) is 21.5. The summed E-state index contributed by atoms with van der Waals surface area (Å²) in [7, 11) is -3.76. The van der Waals surface area contributed by atoms with Crippen molar-refractivity contribution in [2.45, 2.75) is 18.7 Å². The number of non-ortho nitro benzene ring substituents is 1. The third kappa shape index (κ3) is 5.37. The van der Waals surface area contributed by atoms with Gasteiger partial charge in [0.15, 0.2) is 6.61 Å². The number of nitrogens with zero attached hydrogens (tertiary/aromatic N) is 5. The van der Waals surface area contributed by atoms with Crippen LogP contribution >= 0.6 is 0 Å². The molecule has 1 fully saturated rings. The molecule has 12 nitrogen and oxygen atoms in total. The van der Waals surface area contributed by atoms with Crippen LogP contribution in [0.25, 0.3) is 0 Å². The first-order valence-electron chi connectivity index (χ1n) is 12.0. The molecule has 0 unspecified atom stereocenters. The van der Waals surface area contributed by atoms with Crippen LogP contribution in [0, 0.1) is 10.1 Å². The molecular weight excluding hydrogens is 502 g/mol. The van der Waals surface area contributed by atoms with Crippen LogP contribution in [0.2, 0.25) is 0 Å². The van der Waals surface area contributed by atoms with Gasteiger partial charge in [-0.05, 0) is 30.3 Å². The highest BCUT2D eigenvalue weighted by atomic mass is 32.2. The van der Waals surface area contributed by atoms with Crippen LogP contribution in [-0.2, 0) is 19.6 Å². The summed E-state index contributed by atoms with van der Waals surface area (Å²) >= 11 is 0. The second kappa shape index (κ2) is 10.7. The second-order valence-corrected chi connectivity index (χ2v) is 10.6. The van der Waals surface area contributed by atoms with Crippen molar-refractivity contribution >= 4 is 38.9 Å². The minimum atomic E-state index is -3.76. The highest BCUT2D eigenvalue weighted by molar-refractivity contribution is 7.89. The summed E-state index contributed by atoms with van der Waals surface area (Å²) in [6, 6.07) is 10.6. The summed E-state index contributed by atoms with van der Waals surface area (Å²) in [6.07, 6.45) is 0. The summed E-state index contributed by atoms with van der Waals surface area (Å²) in [5.41, 5.74) is 1.10. The summed E-state index contributed by atoms with van der Waals surface area (Å²) in [5.74, 6) is -0.349. The van der Waals surface area contributed by atoms with Crippen LogP contribution in [0.3, 0.4) is 0 Å². The summed E-state index contributed by atoms with van der Waals surface area (Å²) in [5, 5.41) is 10.9. The Morgan fingerprint density at radius 2 is 1.70 bits per heavy atom. The van der Waals surface area contributed by atoms with Crippen molar-refractivity contribution in [3.05, 3.63) is 52.6 Å². The van der Waals surface area contributed by atoms with Crippen molar-refractivity contribution in [2.24, 2.45) is 0 Å². The maximum absolute atomic E-state index is 13.1. The highest BCUT2D eigenvalue weighted by Crippen LogP contribution is 2.35. The molecule has 4 rings (SSSR count). The van der Waals surface area contributed by atoms with Gasteiger partial charge in [-0.2, -0.15) is 4.31 Å². The van der Waals surface area contributed by atoms with Gasteiger partial charge in [0, 0.05) is 57.1 Å². The molecule has 0 aliphatic carbocycles. The van der Waals surface area contributed by atoms with E-state index in [-0.39, 0.29) is 35.3 Å². The Morgan fingerprint density at radius 1 is 1.05 bits per heavy atom. The molecule has 198 valence electrons. The molecule has 2 aromatic rings. The van der Waals surface area contributed by atoms with Crippen molar-refractivity contribution < 1.29 is 27.7 Å². The molecule has 2 aromatic carbocycles. The monoisotopic (exact) mass is 531 g/mol. The van der Waals surface area contributed by atoms with E-state index in [9.17, 15) is 28.1 Å². The van der Waals surface area contributed by atoms with Gasteiger partial charge in [0.25, 0.3) is 11.6 Å². The number of anilines is 2. The van der Waals surface area contributed by atoms with Crippen molar-refractivity contribution in [2.75, 3.05) is 62.2 Å². The average Bonchev–Trinajstić information content (AvgIpc) is 2.90. The summed E-state index contributed by atoms with van der Waals surface area (Å²) in [4.78, 5) is 41.3. The van der Waals surface area contributed by atoms with Gasteiger partial charge >= 0.3 is 0 Å². The average molecular weight is 532 g/mol. The molecule has 0 saturated carbocycles. The number of nitro groups is 1. The number of fused-ring (bicyclic) bond motifs is 1. The van der Waals surface area contributed by atoms with Gasteiger partial charge in [-0.3, -0.25) is 24.6 Å². The lowest BCUT2D eigenvalue weighted by Crippen LogP contribution is -2.53. The molecule has 1 saturated heterocycles. The molecule has 0 spiro atoms. The topological polar surface area (TPSA) is 134 Å². The van der Waals surface area contributed by atoms with Crippen LogP contribution in [0.1, 0.15) is 13.8 Å². The zero-order chi connectivity index (χ0) is 26.7. The lowest BCUT2D eigenvalue weighted by molar-refractivity contribution is -0.384. The number of nitro benzene ring substituents is 1. The van der Waals surface area contributed by atoms with E-state index in [2.05, 4.69) is 0 Å². The third-order valence-electron chi connectivity index (χ3n) is 6.57. The van der Waals surface area contributed by atoms with Gasteiger partial charge in [-0.25, -0.2) is 8.42 Å². The molecule has 0 radical (unpaired) electrons. The number of sulfonamides is 1. The lowest BCUT2D eigenvalue weighted by atomic mass is 10.2. The summed E-state index contributed by atoms with van der Waals surface area (Å²) < 4.78 is 32.8. The molecule has 0 N–H and O–H groups in total. The fourth-order valence-corrected chi connectivity index (χ4v) is 5.94. The Balaban J connectivity index is 1.46. The van der Waals surface area contributed by atoms with E-state index in [1.807, 2.05) is 4.90 Å². The van der Waals surface area contributed by atoms with Crippen molar-refractivity contribution in [1.82, 2.24) is 9.21 Å². The van der Waals surface area contributed by atoms with Crippen LogP contribution in [0.5, 0.6) is 5.75 Å². The quantitative estimate of drug-likeness (QED) is 0.371. The molecule has 0 bridgehead atoms. The molecule has 37 heavy (non-hydrogen) atoms. The maximum atomic E-state index is 13.1. The molecule has 13 heteroatoms. The van der Waals surface area contributed by atoms with E-state index in [1.165, 1.54) is 39.5 Å². The highest BCUT2D eigenvalue weighted by Gasteiger charge is 2.32. The first-order valence-corrected chi connectivity index (χ1v) is 13.4. The van der Waals surface area contributed by atoms with Gasteiger partial charge in [0.05, 0.1) is 15.5 Å².